The van der Waals surface area contributed by atoms with E-state index in [4.69, 9.17) is 9.97 Å². The minimum absolute atomic E-state index is 0.639. The van der Waals surface area contributed by atoms with Crippen molar-refractivity contribution in [1.82, 2.24) is 28.2 Å². The van der Waals surface area contributed by atoms with Crippen LogP contribution in [0.2, 0.25) is 0 Å². The van der Waals surface area contributed by atoms with Gasteiger partial charge in [0, 0.05) is 82.4 Å². The van der Waals surface area contributed by atoms with E-state index >= 15 is 0 Å². The van der Waals surface area contributed by atoms with Crippen molar-refractivity contribution >= 4 is 109 Å². The zero-order valence-corrected chi connectivity index (χ0v) is 46.3. The second-order valence-corrected chi connectivity index (χ2v) is 22.6. The number of fused-ring (bicyclic) bond motifs is 15. The molecule has 13 aromatic carbocycles. The normalized spacial score (nSPS) is 12.1. The molecule has 0 fully saturated rings. The molecule has 0 spiro atoms. The highest BCUT2D eigenvalue weighted by molar-refractivity contribution is 6.16. The maximum atomic E-state index is 5.81. The number of hydrogen-bond donors (Lipinski definition) is 0. The number of rotatable bonds is 7. The van der Waals surface area contributed by atoms with Crippen LogP contribution in [-0.4, -0.2) is 28.2 Å². The van der Waals surface area contributed by atoms with Gasteiger partial charge in [-0.15, -0.1) is 0 Å². The fraction of sp³-hybridized carbons (Fsp3) is 0.0127. The number of para-hydroxylation sites is 6. The van der Waals surface area contributed by atoms with Crippen molar-refractivity contribution in [1.29, 1.82) is 0 Å². The summed E-state index contributed by atoms with van der Waals surface area (Å²) in [6, 6.07) is 104. The molecule has 18 rings (SSSR count). The van der Waals surface area contributed by atoms with Gasteiger partial charge in [0.15, 0.2) is 5.82 Å². The third-order valence-corrected chi connectivity index (χ3v) is 17.8. The molecular weight excluding hydrogens is 1030 g/mol. The number of benzene rings is 13. The van der Waals surface area contributed by atoms with Gasteiger partial charge in [-0.2, -0.15) is 0 Å². The molecule has 0 N–H and O–H groups in total. The summed E-state index contributed by atoms with van der Waals surface area (Å²) in [5.74, 6) is 0.639. The SMILES string of the molecule is Cc1ccc(-c2cccc(-c3nc(-c4cc(-n5c6ccccc6c6ccc(-n7c8ccccc8c8ccccc87)cc65)cc(-n5c6ccccc6c6ccc(-n7c8ccccc8c8ccccc87)cc65)c4)nc4ccc5ccccc5c34)c2)cc1. The van der Waals surface area contributed by atoms with Gasteiger partial charge in [-0.3, -0.25) is 0 Å². The highest BCUT2D eigenvalue weighted by atomic mass is 15.0. The van der Waals surface area contributed by atoms with Gasteiger partial charge in [-0.05, 0) is 120 Å². The lowest BCUT2D eigenvalue weighted by Crippen LogP contribution is -2.03. The minimum atomic E-state index is 0.639. The zero-order valence-electron chi connectivity index (χ0n) is 46.3. The van der Waals surface area contributed by atoms with E-state index in [1.807, 2.05) is 0 Å². The first kappa shape index (κ1) is 47.3. The Morgan fingerprint density at radius 2 is 0.659 bits per heavy atom. The van der Waals surface area contributed by atoms with Crippen molar-refractivity contribution in [2.75, 3.05) is 0 Å². The van der Waals surface area contributed by atoms with Gasteiger partial charge in [0.1, 0.15) is 0 Å². The van der Waals surface area contributed by atoms with Crippen LogP contribution in [0.15, 0.2) is 285 Å². The van der Waals surface area contributed by atoms with Crippen LogP contribution in [0.3, 0.4) is 0 Å². The molecule has 0 aliphatic carbocycles. The molecule has 0 radical (unpaired) electrons. The Hall–Kier alpha value is -11.3. The molecule has 0 bridgehead atoms. The van der Waals surface area contributed by atoms with Crippen LogP contribution in [-0.2, 0) is 0 Å². The Morgan fingerprint density at radius 1 is 0.247 bits per heavy atom. The topological polar surface area (TPSA) is 45.5 Å². The van der Waals surface area contributed by atoms with Gasteiger partial charge in [0.05, 0.1) is 55.3 Å². The lowest BCUT2D eigenvalue weighted by molar-refractivity contribution is 1.12. The van der Waals surface area contributed by atoms with Crippen LogP contribution in [0.5, 0.6) is 0 Å². The van der Waals surface area contributed by atoms with Crippen LogP contribution in [0.1, 0.15) is 5.56 Å². The first-order chi connectivity index (χ1) is 42.1. The average molecular weight is 1080 g/mol. The van der Waals surface area contributed by atoms with Crippen molar-refractivity contribution < 1.29 is 0 Å². The van der Waals surface area contributed by atoms with Crippen LogP contribution in [0.25, 0.3) is 165 Å². The summed E-state index contributed by atoms with van der Waals surface area (Å²) in [4.78, 5) is 11.5. The summed E-state index contributed by atoms with van der Waals surface area (Å²) in [6.07, 6.45) is 0. The predicted octanol–water partition coefficient (Wildman–Crippen LogP) is 20.5. The molecule has 0 atom stereocenters. The molecule has 0 unspecified atom stereocenters. The molecule has 5 heterocycles. The molecule has 85 heavy (non-hydrogen) atoms. The van der Waals surface area contributed by atoms with Crippen LogP contribution < -0.4 is 0 Å². The Labute approximate surface area is 488 Å². The Morgan fingerprint density at radius 3 is 1.14 bits per heavy atom. The van der Waals surface area contributed by atoms with Gasteiger partial charge in [-0.1, -0.05) is 200 Å². The van der Waals surface area contributed by atoms with Gasteiger partial charge in [0.25, 0.3) is 0 Å². The monoisotopic (exact) mass is 1080 g/mol. The number of aryl methyl sites for hydroxylation is 1. The quantitative estimate of drug-likeness (QED) is 0.149. The van der Waals surface area contributed by atoms with Crippen molar-refractivity contribution in [2.24, 2.45) is 0 Å². The molecule has 0 aliphatic heterocycles. The molecule has 0 aliphatic rings. The van der Waals surface area contributed by atoms with E-state index in [9.17, 15) is 0 Å². The molecule has 0 saturated heterocycles. The molecule has 396 valence electrons. The summed E-state index contributed by atoms with van der Waals surface area (Å²) >= 11 is 0. The summed E-state index contributed by atoms with van der Waals surface area (Å²) in [5, 5.41) is 12.9. The Kier molecular flexibility index (Phi) is 10.2. The van der Waals surface area contributed by atoms with Crippen LogP contribution in [0, 0.1) is 6.92 Å². The van der Waals surface area contributed by atoms with E-state index in [1.165, 1.54) is 70.7 Å². The fourth-order valence-corrected chi connectivity index (χ4v) is 14.0. The lowest BCUT2D eigenvalue weighted by atomic mass is 9.96. The average Bonchev–Trinajstić information content (AvgIpc) is 2.46. The van der Waals surface area contributed by atoms with E-state index in [-0.39, 0.29) is 0 Å². The zero-order chi connectivity index (χ0) is 55.9. The molecule has 0 amide bonds. The van der Waals surface area contributed by atoms with Crippen LogP contribution in [0.4, 0.5) is 0 Å². The maximum absolute atomic E-state index is 5.81. The number of hydrogen-bond acceptors (Lipinski definition) is 2. The third-order valence-electron chi connectivity index (χ3n) is 17.8. The van der Waals surface area contributed by atoms with Gasteiger partial charge < -0.3 is 18.3 Å². The summed E-state index contributed by atoms with van der Waals surface area (Å²) in [7, 11) is 0. The van der Waals surface area contributed by atoms with Crippen molar-refractivity contribution in [3.8, 4) is 56.5 Å². The Bertz CT molecular complexity index is 5450. The molecule has 6 heteroatoms. The summed E-state index contributed by atoms with van der Waals surface area (Å²) in [5.41, 5.74) is 20.5. The lowest BCUT2D eigenvalue weighted by Gasteiger charge is -2.17. The summed E-state index contributed by atoms with van der Waals surface area (Å²) < 4.78 is 9.77. The van der Waals surface area contributed by atoms with Gasteiger partial charge in [0.2, 0.25) is 0 Å². The predicted molar refractivity (Wildman–Crippen MR) is 355 cm³/mol. The fourth-order valence-electron chi connectivity index (χ4n) is 14.0. The largest absolute Gasteiger partial charge is 0.309 e. The highest BCUT2D eigenvalue weighted by Crippen LogP contribution is 2.43. The first-order valence-electron chi connectivity index (χ1n) is 29.1. The maximum Gasteiger partial charge on any atom is 0.160 e. The van der Waals surface area contributed by atoms with E-state index in [1.54, 1.807) is 0 Å². The van der Waals surface area contributed by atoms with Crippen LogP contribution >= 0.6 is 0 Å². The molecule has 18 aromatic rings. The second-order valence-electron chi connectivity index (χ2n) is 22.6. The first-order valence-corrected chi connectivity index (χ1v) is 29.1. The van der Waals surface area contributed by atoms with Gasteiger partial charge in [-0.25, -0.2) is 9.97 Å². The molecule has 6 nitrogen and oxygen atoms in total. The van der Waals surface area contributed by atoms with E-state index in [0.29, 0.717) is 5.82 Å². The van der Waals surface area contributed by atoms with E-state index in [0.717, 1.165) is 94.4 Å². The van der Waals surface area contributed by atoms with E-state index in [2.05, 4.69) is 310 Å². The standard InChI is InChI=1S/C79H50N6/c1-49-33-35-50(36-34-49)52-18-16-19-53(43-52)78-77-59-20-3-2-17-51(59)37-42-68(77)80-79(81-78)54-44-57(84-73-31-14-8-25-64(73)66-40-38-55(47-75(66)84)82-69-27-10-4-21-60(69)61-22-5-11-28-70(61)82)46-58(45-54)85-74-32-15-9-26-65(74)67-41-39-56(48-76(67)85)83-71-29-12-6-23-62(71)63-24-7-13-30-72(63)83/h2-48H,1H3. The highest BCUT2D eigenvalue weighted by Gasteiger charge is 2.23. The third kappa shape index (κ3) is 7.19. The molecule has 0 saturated carbocycles. The van der Waals surface area contributed by atoms with E-state index < -0.39 is 0 Å². The molecule has 5 aromatic heterocycles. The van der Waals surface area contributed by atoms with Crippen molar-refractivity contribution in [3.05, 3.63) is 291 Å². The summed E-state index contributed by atoms with van der Waals surface area (Å²) in [6.45, 7) is 2.14. The van der Waals surface area contributed by atoms with Gasteiger partial charge >= 0.3 is 0 Å². The Balaban J connectivity index is 0.940. The number of nitrogens with zero attached hydrogens (tertiary/aromatic N) is 6. The second kappa shape index (κ2) is 18.3. The smallest absolute Gasteiger partial charge is 0.160 e. The minimum Gasteiger partial charge on any atom is -0.309 e. The number of aromatic nitrogens is 6. The van der Waals surface area contributed by atoms with Crippen molar-refractivity contribution in [2.45, 2.75) is 6.92 Å². The van der Waals surface area contributed by atoms with Crippen molar-refractivity contribution in [3.63, 3.8) is 0 Å². The molecular formula is C79H50N6.